The van der Waals surface area contributed by atoms with Crippen LogP contribution in [0.2, 0.25) is 5.15 Å². The number of aromatic nitrogens is 1. The highest BCUT2D eigenvalue weighted by Crippen LogP contribution is 2.41. The molecule has 3 rings (SSSR count). The number of carbonyl (C=O) groups excluding carboxylic acids is 1. The van der Waals surface area contributed by atoms with Gasteiger partial charge in [0.25, 0.3) is 10.2 Å². The molecular weight excluding hydrogens is 456 g/mol. The Hall–Kier alpha value is -2.24. The predicted octanol–water partition coefficient (Wildman–Crippen LogP) is 1.89. The number of methoxy groups -OCH3 is 1. The Labute approximate surface area is 192 Å². The van der Waals surface area contributed by atoms with Crippen molar-refractivity contribution in [3.8, 4) is 5.75 Å². The molecule has 1 aliphatic rings. The summed E-state index contributed by atoms with van der Waals surface area (Å²) in [6, 6.07) is 9.02. The highest BCUT2D eigenvalue weighted by molar-refractivity contribution is 7.87. The van der Waals surface area contributed by atoms with E-state index in [0.717, 1.165) is 11.1 Å². The van der Waals surface area contributed by atoms with E-state index in [-0.39, 0.29) is 43.2 Å². The number of carbonyl (C=O) groups is 1. The topological polar surface area (TPSA) is 121 Å². The number of nitrogens with zero attached hydrogens (tertiary/aromatic N) is 2. The Balaban J connectivity index is 1.99. The summed E-state index contributed by atoms with van der Waals surface area (Å²) >= 11 is 5.92. The van der Waals surface area contributed by atoms with Crippen molar-refractivity contribution < 1.29 is 23.1 Å². The van der Waals surface area contributed by atoms with Crippen LogP contribution < -0.4 is 14.8 Å². The van der Waals surface area contributed by atoms with Gasteiger partial charge in [-0.15, -0.1) is 0 Å². The van der Waals surface area contributed by atoms with Gasteiger partial charge in [0, 0.05) is 25.7 Å². The Morgan fingerprint density at radius 3 is 2.66 bits per heavy atom. The van der Waals surface area contributed by atoms with Gasteiger partial charge in [-0.3, -0.25) is 4.79 Å². The van der Waals surface area contributed by atoms with E-state index in [4.69, 9.17) is 21.4 Å². The van der Waals surface area contributed by atoms with E-state index in [9.17, 15) is 13.2 Å². The molecule has 0 bridgehead atoms. The van der Waals surface area contributed by atoms with E-state index in [1.807, 2.05) is 38.1 Å². The van der Waals surface area contributed by atoms with Gasteiger partial charge < -0.3 is 15.2 Å². The van der Waals surface area contributed by atoms with Gasteiger partial charge in [-0.25, -0.2) is 4.98 Å². The first-order valence-electron chi connectivity index (χ1n) is 10.1. The lowest BCUT2D eigenvalue weighted by Gasteiger charge is -2.48. The molecule has 0 saturated carbocycles. The highest BCUT2D eigenvalue weighted by Gasteiger charge is 2.55. The molecular formula is C21H27ClN4O5S. The summed E-state index contributed by atoms with van der Waals surface area (Å²) in [5.74, 6) is 0.0986. The van der Waals surface area contributed by atoms with Crippen LogP contribution in [0.5, 0.6) is 5.75 Å². The third-order valence-electron chi connectivity index (χ3n) is 5.46. The molecule has 3 N–H and O–H groups in total. The van der Waals surface area contributed by atoms with E-state index >= 15 is 0 Å². The molecule has 0 spiro atoms. The molecule has 9 nitrogen and oxygen atoms in total. The van der Waals surface area contributed by atoms with Gasteiger partial charge in [0.2, 0.25) is 5.91 Å². The van der Waals surface area contributed by atoms with Crippen molar-refractivity contribution in [3.05, 3.63) is 52.8 Å². The normalized spacial score (nSPS) is 15.9. The van der Waals surface area contributed by atoms with Crippen LogP contribution >= 0.6 is 11.6 Å². The molecule has 2 heterocycles. The number of anilines is 1. The number of aliphatic hydroxyl groups excluding tert-OH is 1. The number of pyridine rings is 1. The van der Waals surface area contributed by atoms with Crippen LogP contribution in [0.3, 0.4) is 0 Å². The number of ether oxygens (including phenoxy) is 1. The second kappa shape index (κ2) is 9.72. The molecule has 0 unspecified atom stereocenters. The molecule has 1 aliphatic heterocycles. The average Bonchev–Trinajstić information content (AvgIpc) is 2.73. The van der Waals surface area contributed by atoms with Crippen molar-refractivity contribution in [1.82, 2.24) is 14.0 Å². The van der Waals surface area contributed by atoms with Gasteiger partial charge >= 0.3 is 0 Å². The Kier molecular flexibility index (Phi) is 7.41. The van der Waals surface area contributed by atoms with Crippen molar-refractivity contribution in [1.29, 1.82) is 0 Å². The van der Waals surface area contributed by atoms with Crippen LogP contribution in [-0.4, -0.2) is 62.1 Å². The van der Waals surface area contributed by atoms with Crippen LogP contribution in [0.4, 0.5) is 5.69 Å². The van der Waals surface area contributed by atoms with E-state index in [0.29, 0.717) is 11.4 Å². The second-order valence-corrected chi connectivity index (χ2v) is 10.0. The minimum Gasteiger partial charge on any atom is -0.494 e. The van der Waals surface area contributed by atoms with Crippen molar-refractivity contribution in [2.75, 3.05) is 38.7 Å². The fraction of sp³-hybridized carbons (Fsp3) is 0.429. The zero-order chi connectivity index (χ0) is 23.5. The number of aliphatic hydroxyl groups is 1. The minimum absolute atomic E-state index is 0.0489. The second-order valence-electron chi connectivity index (χ2n) is 7.88. The summed E-state index contributed by atoms with van der Waals surface area (Å²) in [6.45, 7) is 3.52. The molecule has 1 fully saturated rings. The standard InChI is InChI=1S/C21H27ClN4O5S/c1-14(2)15-6-4-5-7-16(15)21(12-26(13-21)32(29,30)24-8-9-27)20(28)25-17-11-23-19(22)10-18(17)31-3/h4-7,10-11,14,24,27H,8-9,12-13H2,1-3H3,(H,25,28). The Morgan fingerprint density at radius 2 is 2.03 bits per heavy atom. The molecule has 32 heavy (non-hydrogen) atoms. The number of nitrogens with one attached hydrogen (secondary N) is 2. The van der Waals surface area contributed by atoms with Gasteiger partial charge in [-0.1, -0.05) is 49.7 Å². The summed E-state index contributed by atoms with van der Waals surface area (Å²) in [4.78, 5) is 17.6. The van der Waals surface area contributed by atoms with Gasteiger partial charge in [0.1, 0.15) is 22.0 Å². The number of amides is 1. The predicted molar refractivity (Wildman–Crippen MR) is 122 cm³/mol. The zero-order valence-corrected chi connectivity index (χ0v) is 19.7. The molecule has 1 amide bonds. The fourth-order valence-electron chi connectivity index (χ4n) is 3.78. The Morgan fingerprint density at radius 1 is 1.34 bits per heavy atom. The van der Waals surface area contributed by atoms with Gasteiger partial charge in [-0.05, 0) is 17.0 Å². The van der Waals surface area contributed by atoms with E-state index < -0.39 is 15.6 Å². The SMILES string of the molecule is COc1cc(Cl)ncc1NC(=O)C1(c2ccccc2C(C)C)CN(S(=O)(=O)NCCO)C1. The zero-order valence-electron chi connectivity index (χ0n) is 18.1. The van der Waals surface area contributed by atoms with Crippen LogP contribution in [0.25, 0.3) is 0 Å². The first-order valence-corrected chi connectivity index (χ1v) is 11.9. The summed E-state index contributed by atoms with van der Waals surface area (Å²) < 4.78 is 33.9. The van der Waals surface area contributed by atoms with Crippen molar-refractivity contribution in [2.24, 2.45) is 0 Å². The smallest absolute Gasteiger partial charge is 0.279 e. The van der Waals surface area contributed by atoms with E-state index in [1.165, 1.54) is 23.7 Å². The van der Waals surface area contributed by atoms with Crippen LogP contribution in [0, 0.1) is 0 Å². The summed E-state index contributed by atoms with van der Waals surface area (Å²) in [5.41, 5.74) is 0.952. The van der Waals surface area contributed by atoms with E-state index in [1.54, 1.807) is 0 Å². The molecule has 1 aromatic carbocycles. The van der Waals surface area contributed by atoms with Crippen molar-refractivity contribution in [2.45, 2.75) is 25.2 Å². The maximum Gasteiger partial charge on any atom is 0.279 e. The third kappa shape index (κ3) is 4.74. The lowest BCUT2D eigenvalue weighted by atomic mass is 9.71. The summed E-state index contributed by atoms with van der Waals surface area (Å²) in [6.07, 6.45) is 1.40. The maximum absolute atomic E-state index is 13.6. The molecule has 0 aliphatic carbocycles. The molecule has 0 radical (unpaired) electrons. The quantitative estimate of drug-likeness (QED) is 0.469. The van der Waals surface area contributed by atoms with Crippen LogP contribution in [0.15, 0.2) is 36.5 Å². The number of benzene rings is 1. The molecule has 11 heteroatoms. The van der Waals surface area contributed by atoms with Crippen molar-refractivity contribution >= 4 is 33.4 Å². The van der Waals surface area contributed by atoms with Gasteiger partial charge in [0.15, 0.2) is 0 Å². The molecule has 1 saturated heterocycles. The number of hydrogen-bond donors (Lipinski definition) is 3. The monoisotopic (exact) mass is 482 g/mol. The molecule has 1 aromatic heterocycles. The molecule has 0 atom stereocenters. The third-order valence-corrected chi connectivity index (χ3v) is 7.18. The van der Waals surface area contributed by atoms with Crippen molar-refractivity contribution in [3.63, 3.8) is 0 Å². The Bertz CT molecular complexity index is 1090. The fourth-order valence-corrected chi connectivity index (χ4v) is 5.24. The first kappa shape index (κ1) is 24.4. The highest BCUT2D eigenvalue weighted by atomic mass is 35.5. The minimum atomic E-state index is -3.83. The first-order chi connectivity index (χ1) is 15.1. The molecule has 2 aromatic rings. The van der Waals surface area contributed by atoms with Gasteiger partial charge in [-0.2, -0.15) is 17.4 Å². The largest absolute Gasteiger partial charge is 0.494 e. The van der Waals surface area contributed by atoms with E-state index in [2.05, 4.69) is 15.0 Å². The molecule has 174 valence electrons. The lowest BCUT2D eigenvalue weighted by molar-refractivity contribution is -0.125. The average molecular weight is 483 g/mol. The number of rotatable bonds is 9. The maximum atomic E-state index is 13.6. The summed E-state index contributed by atoms with van der Waals surface area (Å²) in [5, 5.41) is 12.0. The number of halogens is 1. The van der Waals surface area contributed by atoms with Crippen LogP contribution in [-0.2, 0) is 20.4 Å². The summed E-state index contributed by atoms with van der Waals surface area (Å²) in [7, 11) is -2.38. The van der Waals surface area contributed by atoms with Crippen LogP contribution in [0.1, 0.15) is 30.9 Å². The lowest BCUT2D eigenvalue weighted by Crippen LogP contribution is -2.68. The van der Waals surface area contributed by atoms with Gasteiger partial charge in [0.05, 0.1) is 19.9 Å². The number of hydrogen-bond acceptors (Lipinski definition) is 6.